The number of aliphatic hydroxyl groups excluding tert-OH is 9. The van der Waals surface area contributed by atoms with Gasteiger partial charge in [-0.1, -0.05) is 0 Å². The Morgan fingerprint density at radius 3 is 2.08 bits per heavy atom. The number of unbranched alkanes of at least 4 members (excludes halogenated alkanes) is 2. The van der Waals surface area contributed by atoms with Gasteiger partial charge in [-0.3, -0.25) is 9.59 Å². The maximum atomic E-state index is 12.6. The number of nitrogens with one attached hydrogen (secondary N) is 2. The Labute approximate surface area is 298 Å². The van der Waals surface area contributed by atoms with Crippen LogP contribution in [0.15, 0.2) is 0 Å². The van der Waals surface area contributed by atoms with E-state index in [9.17, 15) is 65.4 Å². The summed E-state index contributed by atoms with van der Waals surface area (Å²) in [5.41, 5.74) is 5.50. The standard InChI is InChI=1S/C30H53N3O19/c1-12(36)32-18-14(38)8-30(29(45)46,52-25(18)20(40)15(39)9-34)48-11-17-21(41)23(43)19(33-13(2)37)27(50-17)51-26-22(42)16(10-35)49-28(24(26)44)47-7-5-3-4-6-31/h14-28,34-35,38-44H,3-11,31H2,1-2H3,(H,32,36)(H,33,37)(H,45,46)/t14-,15-,16?,17?,18-,19+,20-,21-,22+,23?,24+,25?,26?,27+,28-,30-/m1/s1. The first-order valence-corrected chi connectivity index (χ1v) is 16.9. The van der Waals surface area contributed by atoms with Crippen LogP contribution in [0, 0.1) is 0 Å². The summed E-state index contributed by atoms with van der Waals surface area (Å²) < 4.78 is 34.0. The third-order valence-corrected chi connectivity index (χ3v) is 8.98. The SMILES string of the molecule is CC(=O)N[C@H]1C(O)[C@H](O)C(CO[C@]2(C(=O)O)C[C@@H](O)[C@@H](NC(C)=O)C([C@H](O)[C@H](O)CO)O2)O[C@H]1OC1[C@@H](O)C(CO)O[C@@H](OCCCCCN)[C@H]1O. The molecule has 0 aliphatic carbocycles. The summed E-state index contributed by atoms with van der Waals surface area (Å²) in [6.07, 6.45) is -21.8. The minimum absolute atomic E-state index is 0.103. The Balaban J connectivity index is 1.87. The minimum Gasteiger partial charge on any atom is -0.477 e. The van der Waals surface area contributed by atoms with Crippen LogP contribution in [0.2, 0.25) is 0 Å². The molecule has 302 valence electrons. The lowest BCUT2D eigenvalue weighted by Crippen LogP contribution is -2.69. The number of hydrogen-bond donors (Lipinski definition) is 13. The molecule has 3 heterocycles. The number of carbonyl (C=O) groups is 3. The second kappa shape index (κ2) is 19.9. The molecule has 3 fully saturated rings. The molecule has 3 aliphatic rings. The molecular formula is C30H53N3O19. The molecular weight excluding hydrogens is 706 g/mol. The normalized spacial score (nSPS) is 39.3. The highest BCUT2D eigenvalue weighted by Crippen LogP contribution is 2.35. The Hall–Kier alpha value is -2.23. The molecule has 0 bridgehead atoms. The van der Waals surface area contributed by atoms with Crippen molar-refractivity contribution in [1.82, 2.24) is 10.6 Å². The lowest BCUT2D eigenvalue weighted by molar-refractivity contribution is -0.356. The van der Waals surface area contributed by atoms with Crippen molar-refractivity contribution in [2.45, 2.75) is 137 Å². The predicted octanol–water partition coefficient (Wildman–Crippen LogP) is -6.93. The van der Waals surface area contributed by atoms with E-state index in [0.717, 1.165) is 20.3 Å². The van der Waals surface area contributed by atoms with Crippen LogP contribution < -0.4 is 16.4 Å². The number of aliphatic hydroxyl groups is 9. The van der Waals surface area contributed by atoms with Crippen LogP contribution in [0.3, 0.4) is 0 Å². The van der Waals surface area contributed by atoms with E-state index < -0.39 is 142 Å². The zero-order valence-corrected chi connectivity index (χ0v) is 28.7. The maximum Gasteiger partial charge on any atom is 0.364 e. The van der Waals surface area contributed by atoms with E-state index in [2.05, 4.69) is 10.6 Å². The van der Waals surface area contributed by atoms with Crippen molar-refractivity contribution in [1.29, 1.82) is 0 Å². The molecule has 22 nitrogen and oxygen atoms in total. The second-order valence-corrected chi connectivity index (χ2v) is 13.0. The van der Waals surface area contributed by atoms with Crippen molar-refractivity contribution >= 4 is 17.8 Å². The summed E-state index contributed by atoms with van der Waals surface area (Å²) >= 11 is 0. The summed E-state index contributed by atoms with van der Waals surface area (Å²) in [5, 5.41) is 110. The Bertz CT molecular complexity index is 1160. The third kappa shape index (κ3) is 10.7. The van der Waals surface area contributed by atoms with Gasteiger partial charge < -0.3 is 95.9 Å². The highest BCUT2D eigenvalue weighted by atomic mass is 16.8. The van der Waals surface area contributed by atoms with Crippen LogP contribution in [-0.4, -0.2) is 199 Å². The summed E-state index contributed by atoms with van der Waals surface area (Å²) in [7, 11) is 0. The largest absolute Gasteiger partial charge is 0.477 e. The van der Waals surface area contributed by atoms with Gasteiger partial charge >= 0.3 is 5.97 Å². The second-order valence-electron chi connectivity index (χ2n) is 13.0. The smallest absolute Gasteiger partial charge is 0.364 e. The van der Waals surface area contributed by atoms with E-state index in [1.807, 2.05) is 0 Å². The zero-order chi connectivity index (χ0) is 38.9. The average Bonchev–Trinajstić information content (AvgIpc) is 3.09. The molecule has 52 heavy (non-hydrogen) atoms. The van der Waals surface area contributed by atoms with Gasteiger partial charge in [-0.15, -0.1) is 0 Å². The average molecular weight is 760 g/mol. The van der Waals surface area contributed by atoms with Gasteiger partial charge in [0.15, 0.2) is 12.6 Å². The van der Waals surface area contributed by atoms with Gasteiger partial charge in [0.1, 0.15) is 67.1 Å². The molecule has 0 aromatic carbocycles. The van der Waals surface area contributed by atoms with Crippen molar-refractivity contribution < 1.29 is 93.9 Å². The number of carboxylic acid groups (broad SMARTS) is 1. The molecule has 5 unspecified atom stereocenters. The highest BCUT2D eigenvalue weighted by Gasteiger charge is 2.57. The van der Waals surface area contributed by atoms with Gasteiger partial charge in [-0.05, 0) is 25.8 Å². The van der Waals surface area contributed by atoms with Crippen LogP contribution >= 0.6 is 0 Å². The van der Waals surface area contributed by atoms with Gasteiger partial charge in [0, 0.05) is 26.9 Å². The first-order valence-electron chi connectivity index (χ1n) is 16.9. The molecule has 3 rings (SSSR count). The van der Waals surface area contributed by atoms with Gasteiger partial charge in [-0.25, -0.2) is 4.79 Å². The fraction of sp³-hybridized carbons (Fsp3) is 0.900. The lowest BCUT2D eigenvalue weighted by atomic mass is 9.88. The molecule has 0 aromatic rings. The van der Waals surface area contributed by atoms with Crippen molar-refractivity contribution in [3.8, 4) is 0 Å². The number of amides is 2. The number of hydrogen-bond acceptors (Lipinski definition) is 19. The van der Waals surface area contributed by atoms with E-state index in [0.29, 0.717) is 19.4 Å². The lowest BCUT2D eigenvalue weighted by Gasteiger charge is -2.48. The predicted molar refractivity (Wildman–Crippen MR) is 168 cm³/mol. The molecule has 0 radical (unpaired) electrons. The Morgan fingerprint density at radius 2 is 1.50 bits per heavy atom. The highest BCUT2D eigenvalue weighted by molar-refractivity contribution is 5.76. The number of carbonyl (C=O) groups excluding carboxylic acids is 2. The fourth-order valence-electron chi connectivity index (χ4n) is 6.20. The monoisotopic (exact) mass is 759 g/mol. The molecule has 3 saturated heterocycles. The molecule has 3 aliphatic heterocycles. The molecule has 0 saturated carbocycles. The first-order chi connectivity index (χ1) is 24.5. The number of aliphatic carboxylic acids is 1. The summed E-state index contributed by atoms with van der Waals surface area (Å²) in [5.74, 6) is -6.15. The number of rotatable bonds is 18. The molecule has 16 atom stereocenters. The molecule has 22 heteroatoms. The quantitative estimate of drug-likeness (QED) is 0.0577. The van der Waals surface area contributed by atoms with Crippen LogP contribution in [0.4, 0.5) is 0 Å². The van der Waals surface area contributed by atoms with Crippen molar-refractivity contribution in [2.24, 2.45) is 5.73 Å². The molecule has 14 N–H and O–H groups in total. The zero-order valence-electron chi connectivity index (χ0n) is 28.7. The van der Waals surface area contributed by atoms with Gasteiger partial charge in [0.25, 0.3) is 5.79 Å². The molecule has 0 spiro atoms. The van der Waals surface area contributed by atoms with Crippen LogP contribution in [0.5, 0.6) is 0 Å². The van der Waals surface area contributed by atoms with Gasteiger partial charge in [0.2, 0.25) is 11.8 Å². The molecule has 0 aromatic heterocycles. The van der Waals surface area contributed by atoms with Crippen LogP contribution in [-0.2, 0) is 42.8 Å². The Morgan fingerprint density at radius 1 is 0.865 bits per heavy atom. The van der Waals surface area contributed by atoms with E-state index >= 15 is 0 Å². The van der Waals surface area contributed by atoms with E-state index in [4.69, 9.17) is 34.2 Å². The Kier molecular flexibility index (Phi) is 16.9. The van der Waals surface area contributed by atoms with E-state index in [1.54, 1.807) is 0 Å². The maximum absolute atomic E-state index is 12.6. The first kappa shape index (κ1) is 44.2. The minimum atomic E-state index is -2.84. The summed E-state index contributed by atoms with van der Waals surface area (Å²) in [4.78, 5) is 36.5. The van der Waals surface area contributed by atoms with Crippen LogP contribution in [0.25, 0.3) is 0 Å². The van der Waals surface area contributed by atoms with Gasteiger partial charge in [-0.2, -0.15) is 0 Å². The van der Waals surface area contributed by atoms with Crippen molar-refractivity contribution in [3.63, 3.8) is 0 Å². The molecule has 2 amide bonds. The summed E-state index contributed by atoms with van der Waals surface area (Å²) in [6.45, 7) is 0.00151. The van der Waals surface area contributed by atoms with Gasteiger partial charge in [0.05, 0.1) is 32.0 Å². The van der Waals surface area contributed by atoms with Crippen molar-refractivity contribution in [2.75, 3.05) is 33.0 Å². The van der Waals surface area contributed by atoms with E-state index in [-0.39, 0.29) is 6.61 Å². The number of carboxylic acids is 1. The van der Waals surface area contributed by atoms with E-state index in [1.165, 1.54) is 0 Å². The number of nitrogens with two attached hydrogens (primary N) is 1. The van der Waals surface area contributed by atoms with Crippen LogP contribution in [0.1, 0.15) is 39.5 Å². The number of ether oxygens (including phenoxy) is 6. The topological polar surface area (TPSA) is 359 Å². The summed E-state index contributed by atoms with van der Waals surface area (Å²) in [6, 6.07) is -3.05. The third-order valence-electron chi connectivity index (χ3n) is 8.98. The van der Waals surface area contributed by atoms with Crippen molar-refractivity contribution in [3.05, 3.63) is 0 Å². The fourth-order valence-corrected chi connectivity index (χ4v) is 6.20.